The van der Waals surface area contributed by atoms with Gasteiger partial charge in [0.05, 0.1) is 35.7 Å². The van der Waals surface area contributed by atoms with Crippen LogP contribution in [0.15, 0.2) is 86.5 Å². The first-order valence-corrected chi connectivity index (χ1v) is 14.7. The van der Waals surface area contributed by atoms with E-state index in [0.29, 0.717) is 46.4 Å². The molecule has 3 aromatic carbocycles. The molecule has 0 radical (unpaired) electrons. The molecule has 1 aliphatic heterocycles. The molecule has 11 nitrogen and oxygen atoms in total. The number of aromatic nitrogens is 2. The third kappa shape index (κ3) is 6.11. The van der Waals surface area contributed by atoms with Gasteiger partial charge in [-0.25, -0.2) is 9.67 Å². The molecule has 0 atom stereocenters. The highest BCUT2D eigenvalue weighted by atomic mass is 32.2. The van der Waals surface area contributed by atoms with Crippen LogP contribution in [0.2, 0.25) is 0 Å². The fourth-order valence-corrected chi connectivity index (χ4v) is 5.39. The fourth-order valence-electron chi connectivity index (χ4n) is 4.47. The maximum absolute atomic E-state index is 13.7. The standard InChI is InChI=1S/C32H31N5O6S/c1-5-42-26-16-21(12-14-24(26)38)18-28-30(40)36(33-19-22-13-15-25(39)27(17-22)43-6-2)32(44-28)34-29-20(3)35(4)37(31(29)41)23-10-8-7-9-11-23/h7-19,38-39H,5-6H2,1-4H3/b28-18-,33-19-,34-32?. The molecular formula is C32H31N5O6S. The number of aromatic hydroxyl groups is 2. The number of thioether (sulfide) groups is 1. The molecule has 12 heteroatoms. The van der Waals surface area contributed by atoms with E-state index in [-0.39, 0.29) is 33.7 Å². The highest BCUT2D eigenvalue weighted by molar-refractivity contribution is 8.18. The number of ether oxygens (including phenoxy) is 2. The summed E-state index contributed by atoms with van der Waals surface area (Å²) in [6.45, 7) is 6.12. The van der Waals surface area contributed by atoms with Crippen molar-refractivity contribution in [1.29, 1.82) is 0 Å². The lowest BCUT2D eigenvalue weighted by molar-refractivity contribution is -0.122. The molecule has 5 rings (SSSR count). The minimum absolute atomic E-state index is 0.0116. The number of nitrogens with zero attached hydrogens (tertiary/aromatic N) is 5. The zero-order chi connectivity index (χ0) is 31.4. The van der Waals surface area contributed by atoms with Crippen molar-refractivity contribution >= 4 is 40.8 Å². The van der Waals surface area contributed by atoms with Crippen LogP contribution in [-0.2, 0) is 11.8 Å². The van der Waals surface area contributed by atoms with Gasteiger partial charge < -0.3 is 19.7 Å². The van der Waals surface area contributed by atoms with Crippen LogP contribution < -0.4 is 15.0 Å². The minimum Gasteiger partial charge on any atom is -0.504 e. The van der Waals surface area contributed by atoms with E-state index in [1.807, 2.05) is 37.3 Å². The summed E-state index contributed by atoms with van der Waals surface area (Å²) in [7, 11) is 1.77. The topological polar surface area (TPSA) is 131 Å². The van der Waals surface area contributed by atoms with Crippen molar-refractivity contribution in [3.8, 4) is 28.7 Å². The van der Waals surface area contributed by atoms with E-state index in [4.69, 9.17) is 9.47 Å². The average Bonchev–Trinajstić information content (AvgIpc) is 3.42. The number of aliphatic imine (C=N–C) groups is 1. The quantitative estimate of drug-likeness (QED) is 0.193. The molecule has 1 aliphatic rings. The van der Waals surface area contributed by atoms with Crippen molar-refractivity contribution in [2.24, 2.45) is 17.1 Å². The van der Waals surface area contributed by atoms with E-state index in [1.165, 1.54) is 23.0 Å². The van der Waals surface area contributed by atoms with Crippen LogP contribution in [0.25, 0.3) is 11.8 Å². The van der Waals surface area contributed by atoms with Crippen molar-refractivity contribution in [3.05, 3.63) is 98.8 Å². The van der Waals surface area contributed by atoms with Crippen LogP contribution in [0, 0.1) is 6.92 Å². The molecule has 0 unspecified atom stereocenters. The third-order valence-corrected chi connectivity index (χ3v) is 7.66. The predicted molar refractivity (Wildman–Crippen MR) is 171 cm³/mol. The SMILES string of the molecule is CCOc1cc(/C=N\N2C(=O)/C(=C/c3ccc(O)c(OCC)c3)SC2=Nc2c(C)n(C)n(-c3ccccc3)c2=O)ccc1O. The molecule has 0 bridgehead atoms. The average molecular weight is 614 g/mol. The molecule has 1 fully saturated rings. The number of phenols is 2. The second kappa shape index (κ2) is 13.0. The zero-order valence-electron chi connectivity index (χ0n) is 24.6. The van der Waals surface area contributed by atoms with Gasteiger partial charge in [-0.2, -0.15) is 10.1 Å². The third-order valence-electron chi connectivity index (χ3n) is 6.70. The molecule has 1 amide bonds. The summed E-state index contributed by atoms with van der Waals surface area (Å²) in [5.41, 5.74) is 2.28. The Morgan fingerprint density at radius 3 is 2.14 bits per heavy atom. The number of para-hydroxylation sites is 1. The second-order valence-electron chi connectivity index (χ2n) is 9.60. The molecule has 226 valence electrons. The molecule has 0 aliphatic carbocycles. The van der Waals surface area contributed by atoms with Crippen molar-refractivity contribution in [3.63, 3.8) is 0 Å². The lowest BCUT2D eigenvalue weighted by atomic mass is 10.2. The van der Waals surface area contributed by atoms with E-state index in [0.717, 1.165) is 16.8 Å². The first-order chi connectivity index (χ1) is 21.2. The number of carbonyl (C=O) groups excluding carboxylic acids is 1. The number of carbonyl (C=O) groups is 1. The first kappa shape index (κ1) is 30.2. The van der Waals surface area contributed by atoms with Gasteiger partial charge in [-0.15, -0.1) is 0 Å². The van der Waals surface area contributed by atoms with Gasteiger partial charge in [-0.3, -0.25) is 14.3 Å². The molecule has 0 saturated carbocycles. The number of hydrogen-bond donors (Lipinski definition) is 2. The van der Waals surface area contributed by atoms with Crippen molar-refractivity contribution in [1.82, 2.24) is 14.4 Å². The molecule has 4 aromatic rings. The van der Waals surface area contributed by atoms with Crippen molar-refractivity contribution in [2.45, 2.75) is 20.8 Å². The predicted octanol–water partition coefficient (Wildman–Crippen LogP) is 5.33. The van der Waals surface area contributed by atoms with Crippen LogP contribution in [0.4, 0.5) is 5.69 Å². The number of benzene rings is 3. The summed E-state index contributed by atoms with van der Waals surface area (Å²) in [6, 6.07) is 18.7. The van der Waals surface area contributed by atoms with Crippen LogP contribution >= 0.6 is 11.8 Å². The van der Waals surface area contributed by atoms with Gasteiger partial charge in [0.2, 0.25) is 0 Å². The van der Waals surface area contributed by atoms with Gasteiger partial charge in [-0.05, 0) is 92.2 Å². The molecule has 1 aromatic heterocycles. The summed E-state index contributed by atoms with van der Waals surface area (Å²) >= 11 is 1.07. The Morgan fingerprint density at radius 1 is 0.886 bits per heavy atom. The molecule has 2 N–H and O–H groups in total. The first-order valence-electron chi connectivity index (χ1n) is 13.8. The zero-order valence-corrected chi connectivity index (χ0v) is 25.4. The fraction of sp³-hybridized carbons (Fsp3) is 0.188. The van der Waals surface area contributed by atoms with E-state index in [2.05, 4.69) is 10.1 Å². The van der Waals surface area contributed by atoms with Gasteiger partial charge in [0, 0.05) is 7.05 Å². The van der Waals surface area contributed by atoms with Crippen LogP contribution in [0.1, 0.15) is 30.7 Å². The summed E-state index contributed by atoms with van der Waals surface area (Å²) < 4.78 is 14.2. The number of hydrazone groups is 1. The van der Waals surface area contributed by atoms with Gasteiger partial charge in [0.15, 0.2) is 33.9 Å². The maximum Gasteiger partial charge on any atom is 0.297 e. The lowest BCUT2D eigenvalue weighted by Gasteiger charge is -2.09. The van der Waals surface area contributed by atoms with Crippen molar-refractivity contribution in [2.75, 3.05) is 13.2 Å². The Bertz CT molecular complexity index is 1860. The number of phenolic OH excluding ortho intramolecular Hbond substituents is 2. The Labute approximate surface area is 258 Å². The van der Waals surface area contributed by atoms with E-state index < -0.39 is 5.91 Å². The highest BCUT2D eigenvalue weighted by Crippen LogP contribution is 2.36. The van der Waals surface area contributed by atoms with Gasteiger partial charge in [0.25, 0.3) is 11.5 Å². The Morgan fingerprint density at radius 2 is 1.50 bits per heavy atom. The summed E-state index contributed by atoms with van der Waals surface area (Å²) in [6.07, 6.45) is 3.10. The van der Waals surface area contributed by atoms with E-state index in [9.17, 15) is 19.8 Å². The summed E-state index contributed by atoms with van der Waals surface area (Å²) in [4.78, 5) is 32.3. The van der Waals surface area contributed by atoms with Crippen LogP contribution in [0.5, 0.6) is 23.0 Å². The Balaban J connectivity index is 1.59. The lowest BCUT2D eigenvalue weighted by Crippen LogP contribution is -2.24. The Hall–Kier alpha value is -5.23. The molecular weight excluding hydrogens is 582 g/mol. The van der Waals surface area contributed by atoms with E-state index in [1.54, 1.807) is 55.9 Å². The number of rotatable bonds is 9. The maximum atomic E-state index is 13.7. The van der Waals surface area contributed by atoms with Gasteiger partial charge >= 0.3 is 0 Å². The van der Waals surface area contributed by atoms with Gasteiger partial charge in [-0.1, -0.05) is 24.3 Å². The molecule has 2 heterocycles. The Kier molecular flexibility index (Phi) is 8.91. The summed E-state index contributed by atoms with van der Waals surface area (Å²) in [5, 5.41) is 25.9. The smallest absolute Gasteiger partial charge is 0.297 e. The number of amides is 1. The molecule has 44 heavy (non-hydrogen) atoms. The van der Waals surface area contributed by atoms with Crippen LogP contribution in [0.3, 0.4) is 0 Å². The monoisotopic (exact) mass is 613 g/mol. The second-order valence-corrected chi connectivity index (χ2v) is 10.6. The van der Waals surface area contributed by atoms with Gasteiger partial charge in [0.1, 0.15) is 0 Å². The van der Waals surface area contributed by atoms with E-state index >= 15 is 0 Å². The largest absolute Gasteiger partial charge is 0.504 e. The highest BCUT2D eigenvalue weighted by Gasteiger charge is 2.34. The minimum atomic E-state index is -0.461. The van der Waals surface area contributed by atoms with Crippen LogP contribution in [-0.4, -0.2) is 55.1 Å². The molecule has 1 saturated heterocycles. The summed E-state index contributed by atoms with van der Waals surface area (Å²) in [5.74, 6) is 0.0878. The number of amidine groups is 1. The number of hydrogen-bond acceptors (Lipinski definition) is 9. The molecule has 0 spiro atoms. The normalized spacial score (nSPS) is 15.2. The van der Waals surface area contributed by atoms with Crippen molar-refractivity contribution < 1.29 is 24.5 Å².